The lowest BCUT2D eigenvalue weighted by atomic mass is 10.2. The van der Waals surface area contributed by atoms with Crippen molar-refractivity contribution in [1.29, 1.82) is 0 Å². The lowest BCUT2D eigenvalue weighted by molar-refractivity contribution is -0.149. The van der Waals surface area contributed by atoms with Gasteiger partial charge < -0.3 is 19.7 Å². The van der Waals surface area contributed by atoms with Crippen LogP contribution in [0.5, 0.6) is 5.75 Å². The zero-order valence-electron chi connectivity index (χ0n) is 19.4. The standard InChI is InChI=1S/C24H26FN3O6S/c1-3-5-16-34-20-10-12-21(13-11-20)35(31,32)28-15-14-27(17-22(28)23(29)33-4-2)24(30)26-19-8-6-18(25)7-9-19/h6-13,22H,4,14-17H2,1-2H3,(H,26,30). The SMILES string of the molecule is CC#CCOc1ccc(S(=O)(=O)N2CCN(C(=O)Nc3ccc(F)cc3)CC2C(=O)OCC)cc1. The van der Waals surface area contributed by atoms with Gasteiger partial charge in [0.15, 0.2) is 0 Å². The molecular formula is C24H26FN3O6S. The summed E-state index contributed by atoms with van der Waals surface area (Å²) in [7, 11) is -4.08. The summed E-state index contributed by atoms with van der Waals surface area (Å²) in [6, 6.07) is 9.23. The third kappa shape index (κ3) is 6.49. The number of amides is 2. The molecule has 1 heterocycles. The highest BCUT2D eigenvalue weighted by Crippen LogP contribution is 2.25. The monoisotopic (exact) mass is 503 g/mol. The van der Waals surface area contributed by atoms with E-state index in [1.807, 2.05) is 0 Å². The third-order valence-electron chi connectivity index (χ3n) is 5.19. The highest BCUT2D eigenvalue weighted by Gasteiger charge is 2.42. The van der Waals surface area contributed by atoms with E-state index in [1.165, 1.54) is 53.4 Å². The van der Waals surface area contributed by atoms with E-state index in [9.17, 15) is 22.4 Å². The number of rotatable bonds is 7. The number of halogens is 1. The van der Waals surface area contributed by atoms with Crippen molar-refractivity contribution in [3.05, 3.63) is 54.3 Å². The molecule has 0 aliphatic carbocycles. The molecule has 1 fully saturated rings. The molecular weight excluding hydrogens is 477 g/mol. The molecule has 3 rings (SSSR count). The number of hydrogen-bond acceptors (Lipinski definition) is 6. The molecule has 2 aromatic rings. The van der Waals surface area contributed by atoms with Crippen molar-refractivity contribution in [3.63, 3.8) is 0 Å². The van der Waals surface area contributed by atoms with Gasteiger partial charge in [0, 0.05) is 25.3 Å². The number of esters is 1. The number of anilines is 1. The van der Waals surface area contributed by atoms with Crippen molar-refractivity contribution >= 4 is 27.7 Å². The molecule has 0 bridgehead atoms. The molecule has 2 amide bonds. The second-order valence-electron chi connectivity index (χ2n) is 7.45. The summed E-state index contributed by atoms with van der Waals surface area (Å²) in [6.45, 7) is 3.24. The Morgan fingerprint density at radius 3 is 2.43 bits per heavy atom. The average Bonchev–Trinajstić information content (AvgIpc) is 2.85. The highest BCUT2D eigenvalue weighted by atomic mass is 32.2. The Labute approximate surface area is 203 Å². The Balaban J connectivity index is 1.78. The normalized spacial score (nSPS) is 16.1. The molecule has 2 aromatic carbocycles. The fraction of sp³-hybridized carbons (Fsp3) is 0.333. The quantitative estimate of drug-likeness (QED) is 0.460. The van der Waals surface area contributed by atoms with Gasteiger partial charge in [-0.2, -0.15) is 4.31 Å². The molecule has 0 saturated carbocycles. The molecule has 186 valence electrons. The van der Waals surface area contributed by atoms with Crippen LogP contribution in [0.2, 0.25) is 0 Å². The van der Waals surface area contributed by atoms with Crippen molar-refractivity contribution < 1.29 is 31.9 Å². The van der Waals surface area contributed by atoms with Gasteiger partial charge >= 0.3 is 12.0 Å². The molecule has 1 atom stereocenters. The number of hydrogen-bond donors (Lipinski definition) is 1. The molecule has 1 saturated heterocycles. The molecule has 35 heavy (non-hydrogen) atoms. The number of sulfonamides is 1. The summed E-state index contributed by atoms with van der Waals surface area (Å²) >= 11 is 0. The molecule has 0 radical (unpaired) electrons. The molecule has 1 unspecified atom stereocenters. The van der Waals surface area contributed by atoms with Crippen LogP contribution < -0.4 is 10.1 Å². The number of urea groups is 1. The number of nitrogens with zero attached hydrogens (tertiary/aromatic N) is 2. The van der Waals surface area contributed by atoms with Gasteiger partial charge in [0.1, 0.15) is 24.2 Å². The average molecular weight is 504 g/mol. The van der Waals surface area contributed by atoms with E-state index in [2.05, 4.69) is 17.2 Å². The summed E-state index contributed by atoms with van der Waals surface area (Å²) in [6.07, 6.45) is 0. The maximum absolute atomic E-state index is 13.4. The maximum Gasteiger partial charge on any atom is 0.326 e. The van der Waals surface area contributed by atoms with E-state index in [0.717, 1.165) is 4.31 Å². The number of ether oxygens (including phenoxy) is 2. The lowest BCUT2D eigenvalue weighted by Gasteiger charge is -2.39. The van der Waals surface area contributed by atoms with Crippen molar-refractivity contribution in [2.75, 3.05) is 38.2 Å². The minimum Gasteiger partial charge on any atom is -0.481 e. The minimum atomic E-state index is -4.08. The molecule has 9 nitrogen and oxygen atoms in total. The van der Waals surface area contributed by atoms with E-state index >= 15 is 0 Å². The van der Waals surface area contributed by atoms with Crippen LogP contribution in [-0.4, -0.2) is 68.5 Å². The number of carbonyl (C=O) groups excluding carboxylic acids is 2. The maximum atomic E-state index is 13.4. The lowest BCUT2D eigenvalue weighted by Crippen LogP contribution is -2.60. The molecule has 0 spiro atoms. The van der Waals surface area contributed by atoms with Gasteiger partial charge in [0.05, 0.1) is 11.5 Å². The Morgan fingerprint density at radius 2 is 1.80 bits per heavy atom. The van der Waals surface area contributed by atoms with E-state index < -0.39 is 33.9 Å². The van der Waals surface area contributed by atoms with Crippen LogP contribution in [0.25, 0.3) is 0 Å². The second-order valence-corrected chi connectivity index (χ2v) is 9.34. The van der Waals surface area contributed by atoms with Crippen LogP contribution in [0.3, 0.4) is 0 Å². The summed E-state index contributed by atoms with van der Waals surface area (Å²) in [4.78, 5) is 26.7. The first kappa shape index (κ1) is 26.0. The molecule has 1 aliphatic heterocycles. The zero-order valence-corrected chi connectivity index (χ0v) is 20.2. The van der Waals surface area contributed by atoms with Gasteiger partial charge in [-0.1, -0.05) is 5.92 Å². The number of carbonyl (C=O) groups is 2. The first-order valence-corrected chi connectivity index (χ1v) is 12.3. The third-order valence-corrected chi connectivity index (χ3v) is 7.11. The van der Waals surface area contributed by atoms with E-state index in [1.54, 1.807) is 13.8 Å². The summed E-state index contributed by atoms with van der Waals surface area (Å²) in [5.41, 5.74) is 0.367. The van der Waals surface area contributed by atoms with Crippen LogP contribution in [-0.2, 0) is 19.6 Å². The molecule has 0 aromatic heterocycles. The predicted octanol–water partition coefficient (Wildman–Crippen LogP) is 2.70. The van der Waals surface area contributed by atoms with Gasteiger partial charge in [0.25, 0.3) is 0 Å². The second kappa shape index (κ2) is 11.7. The smallest absolute Gasteiger partial charge is 0.326 e. The van der Waals surface area contributed by atoms with Crippen molar-refractivity contribution in [2.45, 2.75) is 24.8 Å². The van der Waals surface area contributed by atoms with Gasteiger partial charge in [-0.05, 0) is 62.4 Å². The highest BCUT2D eigenvalue weighted by molar-refractivity contribution is 7.89. The number of piperazine rings is 1. The topological polar surface area (TPSA) is 105 Å². The zero-order chi connectivity index (χ0) is 25.4. The summed E-state index contributed by atoms with van der Waals surface area (Å²) in [5.74, 6) is 4.70. The van der Waals surface area contributed by atoms with Crippen LogP contribution in [0.15, 0.2) is 53.4 Å². The Morgan fingerprint density at radius 1 is 1.11 bits per heavy atom. The van der Waals surface area contributed by atoms with Crippen LogP contribution >= 0.6 is 0 Å². The van der Waals surface area contributed by atoms with Crippen molar-refractivity contribution in [2.24, 2.45) is 0 Å². The Hall–Kier alpha value is -3.62. The molecule has 11 heteroatoms. The largest absolute Gasteiger partial charge is 0.481 e. The van der Waals surface area contributed by atoms with E-state index in [4.69, 9.17) is 9.47 Å². The van der Waals surface area contributed by atoms with E-state index in [-0.39, 0.29) is 37.7 Å². The predicted molar refractivity (Wildman–Crippen MR) is 127 cm³/mol. The van der Waals surface area contributed by atoms with Gasteiger partial charge in [-0.25, -0.2) is 17.6 Å². The van der Waals surface area contributed by atoms with Gasteiger partial charge in [-0.15, -0.1) is 5.92 Å². The fourth-order valence-electron chi connectivity index (χ4n) is 3.44. The number of benzene rings is 2. The first-order chi connectivity index (χ1) is 16.8. The van der Waals surface area contributed by atoms with Gasteiger partial charge in [-0.3, -0.25) is 4.79 Å². The summed E-state index contributed by atoms with van der Waals surface area (Å²) < 4.78 is 51.4. The van der Waals surface area contributed by atoms with E-state index in [0.29, 0.717) is 11.4 Å². The molecule has 1 N–H and O–H groups in total. The minimum absolute atomic E-state index is 0.0232. The van der Waals surface area contributed by atoms with Crippen molar-refractivity contribution in [3.8, 4) is 17.6 Å². The van der Waals surface area contributed by atoms with Gasteiger partial charge in [0.2, 0.25) is 10.0 Å². The van der Waals surface area contributed by atoms with Crippen LogP contribution in [0.1, 0.15) is 13.8 Å². The molecule has 1 aliphatic rings. The van der Waals surface area contributed by atoms with Crippen LogP contribution in [0.4, 0.5) is 14.9 Å². The van der Waals surface area contributed by atoms with Crippen molar-refractivity contribution in [1.82, 2.24) is 9.21 Å². The fourth-order valence-corrected chi connectivity index (χ4v) is 5.00. The Kier molecular flexibility index (Phi) is 8.68. The summed E-state index contributed by atoms with van der Waals surface area (Å²) in [5, 5.41) is 2.62. The first-order valence-electron chi connectivity index (χ1n) is 10.9. The number of nitrogens with one attached hydrogen (secondary N) is 1. The van der Waals surface area contributed by atoms with Crippen LogP contribution in [0, 0.1) is 17.7 Å². The Bertz CT molecular complexity index is 1210.